The summed E-state index contributed by atoms with van der Waals surface area (Å²) in [6.07, 6.45) is 1.16. The predicted molar refractivity (Wildman–Crippen MR) is 106 cm³/mol. The smallest absolute Gasteiger partial charge is 0.259 e. The third kappa shape index (κ3) is 4.47. The van der Waals surface area contributed by atoms with E-state index in [1.54, 1.807) is 24.3 Å². The van der Waals surface area contributed by atoms with Crippen molar-refractivity contribution in [3.05, 3.63) is 53.1 Å². The van der Waals surface area contributed by atoms with Crippen LogP contribution in [0.25, 0.3) is 0 Å². The summed E-state index contributed by atoms with van der Waals surface area (Å²) in [5.74, 6) is -0.327. The number of para-hydroxylation sites is 1. The van der Waals surface area contributed by atoms with Gasteiger partial charge in [0, 0.05) is 6.04 Å². The van der Waals surface area contributed by atoms with Crippen LogP contribution in [-0.2, 0) is 10.0 Å². The van der Waals surface area contributed by atoms with E-state index in [4.69, 9.17) is 16.3 Å². The maximum absolute atomic E-state index is 12.7. The van der Waals surface area contributed by atoms with Crippen molar-refractivity contribution < 1.29 is 23.1 Å². The van der Waals surface area contributed by atoms with Crippen LogP contribution in [0, 0.1) is 0 Å². The molecule has 0 unspecified atom stereocenters. The lowest BCUT2D eigenvalue weighted by Crippen LogP contribution is -2.39. The zero-order valence-electron chi connectivity index (χ0n) is 15.2. The molecule has 1 aliphatic rings. The Morgan fingerprint density at radius 2 is 1.96 bits per heavy atom. The van der Waals surface area contributed by atoms with E-state index in [0.717, 1.165) is 6.42 Å². The number of methoxy groups -OCH3 is 1. The van der Waals surface area contributed by atoms with E-state index in [0.29, 0.717) is 23.6 Å². The second-order valence-corrected chi connectivity index (χ2v) is 8.64. The van der Waals surface area contributed by atoms with Crippen molar-refractivity contribution in [2.45, 2.75) is 36.3 Å². The maximum Gasteiger partial charge on any atom is 0.259 e. The van der Waals surface area contributed by atoms with Crippen molar-refractivity contribution in [1.82, 2.24) is 4.72 Å². The first kappa shape index (κ1) is 20.6. The van der Waals surface area contributed by atoms with Gasteiger partial charge in [-0.25, -0.2) is 13.1 Å². The number of anilines is 1. The first-order valence-corrected chi connectivity index (χ1v) is 10.6. The van der Waals surface area contributed by atoms with E-state index >= 15 is 0 Å². The number of carbonyl (C=O) groups excluding carboxylic acids is 1. The SMILES string of the molecule is COc1ccc(S(=O)(=O)N[C@H]2CCC[C@@H]2O)cc1C(=O)Nc1ccccc1Cl. The van der Waals surface area contributed by atoms with Crippen molar-refractivity contribution in [3.63, 3.8) is 0 Å². The normalized spacial score (nSPS) is 19.4. The van der Waals surface area contributed by atoms with E-state index in [1.165, 1.54) is 25.3 Å². The molecule has 7 nitrogen and oxygen atoms in total. The van der Waals surface area contributed by atoms with Gasteiger partial charge in [0.25, 0.3) is 5.91 Å². The topological polar surface area (TPSA) is 105 Å². The Morgan fingerprint density at radius 1 is 1.21 bits per heavy atom. The molecule has 0 spiro atoms. The van der Waals surface area contributed by atoms with Crippen LogP contribution in [0.3, 0.4) is 0 Å². The Bertz CT molecular complexity index is 980. The number of ether oxygens (including phenoxy) is 1. The van der Waals surface area contributed by atoms with Crippen molar-refractivity contribution in [2.75, 3.05) is 12.4 Å². The van der Waals surface area contributed by atoms with Crippen molar-refractivity contribution in [3.8, 4) is 5.75 Å². The van der Waals surface area contributed by atoms with Crippen molar-refractivity contribution in [2.24, 2.45) is 0 Å². The predicted octanol–water partition coefficient (Wildman–Crippen LogP) is 2.79. The van der Waals surface area contributed by atoms with E-state index < -0.39 is 28.1 Å². The molecule has 1 fully saturated rings. The summed E-state index contributed by atoms with van der Waals surface area (Å²) in [4.78, 5) is 12.6. The number of rotatable bonds is 6. The highest BCUT2D eigenvalue weighted by atomic mass is 35.5. The van der Waals surface area contributed by atoms with Gasteiger partial charge in [-0.2, -0.15) is 0 Å². The quantitative estimate of drug-likeness (QED) is 0.661. The zero-order valence-corrected chi connectivity index (χ0v) is 16.8. The monoisotopic (exact) mass is 424 g/mol. The minimum Gasteiger partial charge on any atom is -0.496 e. The molecule has 2 aromatic carbocycles. The Morgan fingerprint density at radius 3 is 2.61 bits per heavy atom. The van der Waals surface area contributed by atoms with Crippen LogP contribution < -0.4 is 14.8 Å². The van der Waals surface area contributed by atoms with Gasteiger partial charge >= 0.3 is 0 Å². The highest BCUT2D eigenvalue weighted by molar-refractivity contribution is 7.89. The lowest BCUT2D eigenvalue weighted by molar-refractivity contribution is 0.102. The molecular weight excluding hydrogens is 404 g/mol. The van der Waals surface area contributed by atoms with Gasteiger partial charge in [0.1, 0.15) is 5.75 Å². The number of benzene rings is 2. The number of aliphatic hydroxyl groups is 1. The summed E-state index contributed by atoms with van der Waals surface area (Å²) in [5, 5.41) is 12.9. The lowest BCUT2D eigenvalue weighted by atomic mass is 10.2. The first-order chi connectivity index (χ1) is 13.3. The summed E-state index contributed by atoms with van der Waals surface area (Å²) in [5.41, 5.74) is 0.453. The lowest BCUT2D eigenvalue weighted by Gasteiger charge is -2.17. The Balaban J connectivity index is 1.89. The number of aliphatic hydroxyl groups excluding tert-OH is 1. The van der Waals surface area contributed by atoms with E-state index in [1.807, 2.05) is 0 Å². The van der Waals surface area contributed by atoms with Gasteiger partial charge in [0.05, 0.1) is 34.4 Å². The van der Waals surface area contributed by atoms with Gasteiger partial charge in [0.15, 0.2) is 0 Å². The summed E-state index contributed by atoms with van der Waals surface area (Å²) < 4.78 is 33.1. The van der Waals surface area contributed by atoms with Gasteiger partial charge in [-0.3, -0.25) is 4.79 Å². The van der Waals surface area contributed by atoms with Crippen LogP contribution in [0.15, 0.2) is 47.4 Å². The number of carbonyl (C=O) groups is 1. The van der Waals surface area contributed by atoms with Crippen LogP contribution in [0.5, 0.6) is 5.75 Å². The molecule has 0 saturated heterocycles. The van der Waals surface area contributed by atoms with Gasteiger partial charge in [-0.05, 0) is 49.6 Å². The standard InChI is InChI=1S/C19H21ClN2O5S/c1-27-18-10-9-12(28(25,26)22-16-7-4-8-17(16)23)11-13(18)19(24)21-15-6-3-2-5-14(15)20/h2-3,5-6,9-11,16-17,22-23H,4,7-8H2,1H3,(H,21,24)/t16-,17-/m0/s1. The summed E-state index contributed by atoms with van der Waals surface area (Å²) in [6, 6.07) is 10.2. The molecule has 3 rings (SSSR count). The van der Waals surface area contributed by atoms with E-state index in [2.05, 4.69) is 10.0 Å². The van der Waals surface area contributed by atoms with Crippen LogP contribution in [0.2, 0.25) is 5.02 Å². The molecule has 9 heteroatoms. The second-order valence-electron chi connectivity index (χ2n) is 6.52. The third-order valence-electron chi connectivity index (χ3n) is 4.63. The number of halogens is 1. The number of amides is 1. The molecule has 2 atom stereocenters. The number of sulfonamides is 1. The number of hydrogen-bond donors (Lipinski definition) is 3. The third-order valence-corrected chi connectivity index (χ3v) is 6.45. The Kier molecular flexibility index (Phi) is 6.24. The van der Waals surface area contributed by atoms with Gasteiger partial charge in [-0.1, -0.05) is 23.7 Å². The highest BCUT2D eigenvalue weighted by Gasteiger charge is 2.30. The Hall–Kier alpha value is -2.13. The Labute approximate surface area is 168 Å². The fourth-order valence-corrected chi connectivity index (χ4v) is 4.64. The molecule has 0 radical (unpaired) electrons. The van der Waals surface area contributed by atoms with Gasteiger partial charge < -0.3 is 15.2 Å². The van der Waals surface area contributed by atoms with Gasteiger partial charge in [0.2, 0.25) is 10.0 Å². The first-order valence-electron chi connectivity index (χ1n) is 8.76. The molecule has 0 aliphatic heterocycles. The van der Waals surface area contributed by atoms with Crippen molar-refractivity contribution in [1.29, 1.82) is 0 Å². The molecule has 3 N–H and O–H groups in total. The van der Waals surface area contributed by atoms with Crippen molar-refractivity contribution >= 4 is 33.2 Å². The summed E-state index contributed by atoms with van der Waals surface area (Å²) >= 11 is 6.07. The summed E-state index contributed by atoms with van der Waals surface area (Å²) in [6.45, 7) is 0. The molecule has 1 aliphatic carbocycles. The minimum atomic E-state index is -3.91. The maximum atomic E-state index is 12.7. The number of nitrogens with one attached hydrogen (secondary N) is 2. The van der Waals surface area contributed by atoms with E-state index in [9.17, 15) is 18.3 Å². The fourth-order valence-electron chi connectivity index (χ4n) is 3.13. The van der Waals surface area contributed by atoms with E-state index in [-0.39, 0.29) is 16.2 Å². The molecule has 2 aromatic rings. The second kappa shape index (κ2) is 8.48. The molecule has 0 aromatic heterocycles. The molecule has 1 saturated carbocycles. The molecular formula is C19H21ClN2O5S. The average Bonchev–Trinajstić information content (AvgIpc) is 3.07. The molecule has 0 bridgehead atoms. The van der Waals surface area contributed by atoms with Gasteiger partial charge in [-0.15, -0.1) is 0 Å². The number of hydrogen-bond acceptors (Lipinski definition) is 5. The summed E-state index contributed by atoms with van der Waals surface area (Å²) in [7, 11) is -2.52. The minimum absolute atomic E-state index is 0.0530. The average molecular weight is 425 g/mol. The molecule has 28 heavy (non-hydrogen) atoms. The van der Waals surface area contributed by atoms with Crippen LogP contribution in [-0.4, -0.2) is 38.7 Å². The molecule has 1 amide bonds. The largest absolute Gasteiger partial charge is 0.496 e. The molecule has 0 heterocycles. The molecule has 150 valence electrons. The van der Waals surface area contributed by atoms with Crippen LogP contribution in [0.1, 0.15) is 29.6 Å². The fraction of sp³-hybridized carbons (Fsp3) is 0.316. The highest BCUT2D eigenvalue weighted by Crippen LogP contribution is 2.27. The zero-order chi connectivity index (χ0) is 20.3. The van der Waals surface area contributed by atoms with Crippen LogP contribution >= 0.6 is 11.6 Å². The van der Waals surface area contributed by atoms with Crippen LogP contribution in [0.4, 0.5) is 5.69 Å².